The van der Waals surface area contributed by atoms with E-state index in [1.54, 1.807) is 6.20 Å². The third kappa shape index (κ3) is 3.20. The lowest BCUT2D eigenvalue weighted by atomic mass is 9.78. The molecule has 6 N–H and O–H groups in total. The van der Waals surface area contributed by atoms with Crippen molar-refractivity contribution in [3.05, 3.63) is 53.1 Å². The van der Waals surface area contributed by atoms with Crippen LogP contribution in [0.1, 0.15) is 37.1 Å². The molecule has 2 aromatic rings. The third-order valence-electron chi connectivity index (χ3n) is 5.46. The van der Waals surface area contributed by atoms with Gasteiger partial charge < -0.3 is 22.2 Å². The number of nitrogens with two attached hydrogens (primary N) is 2. The summed E-state index contributed by atoms with van der Waals surface area (Å²) in [5.74, 6) is 1.13. The van der Waals surface area contributed by atoms with E-state index in [4.69, 9.17) is 23.1 Å². The van der Waals surface area contributed by atoms with Crippen LogP contribution in [0.2, 0.25) is 5.02 Å². The van der Waals surface area contributed by atoms with Gasteiger partial charge in [0, 0.05) is 35.1 Å². The summed E-state index contributed by atoms with van der Waals surface area (Å²) in [6.07, 6.45) is 9.78. The molecule has 26 heavy (non-hydrogen) atoms. The van der Waals surface area contributed by atoms with Gasteiger partial charge in [-0.25, -0.2) is 9.66 Å². The zero-order chi connectivity index (χ0) is 18.3. The number of nitrogens with one attached hydrogen (secondary N) is 2. The van der Waals surface area contributed by atoms with Crippen LogP contribution in [0, 0.1) is 12.8 Å². The van der Waals surface area contributed by atoms with Gasteiger partial charge in [-0.05, 0) is 62.4 Å². The summed E-state index contributed by atoms with van der Waals surface area (Å²) >= 11 is 6.15. The molecule has 0 bridgehead atoms. The number of hydrogen-bond donors (Lipinski definition) is 4. The van der Waals surface area contributed by atoms with Gasteiger partial charge in [-0.15, -0.1) is 0 Å². The second kappa shape index (κ2) is 6.61. The van der Waals surface area contributed by atoms with Gasteiger partial charge in [-0.2, -0.15) is 0 Å². The molecule has 138 valence electrons. The van der Waals surface area contributed by atoms with Crippen LogP contribution in [-0.2, 0) is 0 Å². The van der Waals surface area contributed by atoms with Crippen molar-refractivity contribution in [2.45, 2.75) is 44.3 Å². The number of hydrogen-bond acceptors (Lipinski definition) is 5. The highest BCUT2D eigenvalue weighted by molar-refractivity contribution is 6.31. The average Bonchev–Trinajstić information content (AvgIpc) is 3.07. The van der Waals surface area contributed by atoms with E-state index < -0.39 is 5.66 Å². The lowest BCUT2D eigenvalue weighted by molar-refractivity contribution is 0.239. The molecule has 0 amide bonds. The Labute approximate surface area is 158 Å². The van der Waals surface area contributed by atoms with Gasteiger partial charge in [0.1, 0.15) is 5.66 Å². The minimum absolute atomic E-state index is 0.292. The zero-order valence-electron chi connectivity index (χ0n) is 14.9. The molecule has 0 radical (unpaired) electrons. The fourth-order valence-electron chi connectivity index (χ4n) is 3.91. The molecule has 1 unspecified atom stereocenters. The Balaban J connectivity index is 1.66. The molecular weight excluding hydrogens is 348 g/mol. The van der Waals surface area contributed by atoms with Gasteiger partial charge in [0.15, 0.2) is 5.82 Å². The van der Waals surface area contributed by atoms with E-state index in [1.807, 2.05) is 36.0 Å². The van der Waals surface area contributed by atoms with Crippen LogP contribution in [0.5, 0.6) is 0 Å². The van der Waals surface area contributed by atoms with E-state index in [1.165, 1.54) is 0 Å². The topological polar surface area (TPSA) is 93.9 Å². The van der Waals surface area contributed by atoms with Crippen LogP contribution >= 0.6 is 11.6 Å². The third-order valence-corrected chi connectivity index (χ3v) is 5.89. The minimum atomic E-state index is -0.641. The van der Waals surface area contributed by atoms with Crippen LogP contribution < -0.4 is 22.2 Å². The molecule has 2 aliphatic rings. The fourth-order valence-corrected chi connectivity index (χ4v) is 4.03. The molecule has 0 saturated heterocycles. The maximum atomic E-state index is 6.81. The summed E-state index contributed by atoms with van der Waals surface area (Å²) in [5, 5.41) is 4.22. The lowest BCUT2D eigenvalue weighted by Gasteiger charge is -2.42. The molecule has 1 atom stereocenters. The van der Waals surface area contributed by atoms with Gasteiger partial charge in [0.2, 0.25) is 0 Å². The predicted octanol–water partition coefficient (Wildman–Crippen LogP) is 3.03. The van der Waals surface area contributed by atoms with Gasteiger partial charge in [-0.1, -0.05) is 11.6 Å². The summed E-state index contributed by atoms with van der Waals surface area (Å²) in [7, 11) is 0. The van der Waals surface area contributed by atoms with Crippen LogP contribution in [-0.4, -0.2) is 21.4 Å². The Morgan fingerprint density at radius 2 is 2.08 bits per heavy atom. The minimum Gasteiger partial charge on any atom is -0.353 e. The first kappa shape index (κ1) is 17.4. The molecule has 1 aromatic carbocycles. The van der Waals surface area contributed by atoms with Crippen molar-refractivity contribution in [1.29, 1.82) is 0 Å². The molecule has 1 fully saturated rings. The van der Waals surface area contributed by atoms with E-state index in [0.29, 0.717) is 12.0 Å². The van der Waals surface area contributed by atoms with E-state index in [2.05, 4.69) is 21.8 Å². The molecule has 6 nitrogen and oxygen atoms in total. The van der Waals surface area contributed by atoms with Crippen molar-refractivity contribution >= 4 is 23.0 Å². The Hall–Kier alpha value is -2.02. The maximum absolute atomic E-state index is 6.81. The Kier molecular flexibility index (Phi) is 4.42. The van der Waals surface area contributed by atoms with E-state index in [9.17, 15) is 0 Å². The van der Waals surface area contributed by atoms with Crippen molar-refractivity contribution in [2.24, 2.45) is 17.4 Å². The largest absolute Gasteiger partial charge is 0.353 e. The molecule has 1 saturated carbocycles. The van der Waals surface area contributed by atoms with Gasteiger partial charge in [-0.3, -0.25) is 0 Å². The SMILES string of the molecule is Cc1cc(NC2=CC(N)(C3CCC(N)CC3)Nn3ccnc32)ccc1Cl. The van der Waals surface area contributed by atoms with E-state index in [-0.39, 0.29) is 0 Å². The second-order valence-corrected chi connectivity index (χ2v) is 7.83. The summed E-state index contributed by atoms with van der Waals surface area (Å²) in [6.45, 7) is 1.99. The van der Waals surface area contributed by atoms with E-state index >= 15 is 0 Å². The normalized spacial score (nSPS) is 28.1. The van der Waals surface area contributed by atoms with Crippen LogP contribution in [0.4, 0.5) is 5.69 Å². The molecule has 0 spiro atoms. The zero-order valence-corrected chi connectivity index (χ0v) is 15.6. The number of nitrogens with zero attached hydrogens (tertiary/aromatic N) is 2. The number of aromatic nitrogens is 2. The van der Waals surface area contributed by atoms with Gasteiger partial charge in [0.25, 0.3) is 0 Å². The molecule has 1 aliphatic carbocycles. The number of halogens is 1. The molecule has 7 heteroatoms. The van der Waals surface area contributed by atoms with Crippen LogP contribution in [0.15, 0.2) is 36.7 Å². The summed E-state index contributed by atoms with van der Waals surface area (Å²) in [4.78, 5) is 4.47. The first-order chi connectivity index (χ1) is 12.4. The standard InChI is InChI=1S/C19H25ClN6/c1-12-10-15(6-7-16(12)20)24-17-11-19(22,13-2-4-14(21)5-3-13)25-26-9-8-23-18(17)26/h6-11,13-14,24-25H,2-5,21-22H2,1H3. The first-order valence-electron chi connectivity index (χ1n) is 9.07. The van der Waals surface area contributed by atoms with Gasteiger partial charge in [0.05, 0.1) is 5.70 Å². The van der Waals surface area contributed by atoms with Crippen molar-refractivity contribution in [2.75, 3.05) is 10.7 Å². The Morgan fingerprint density at radius 1 is 1.31 bits per heavy atom. The first-order valence-corrected chi connectivity index (χ1v) is 9.45. The summed E-state index contributed by atoms with van der Waals surface area (Å²) < 4.78 is 1.90. The van der Waals surface area contributed by atoms with Crippen molar-refractivity contribution < 1.29 is 0 Å². The Bertz CT molecular complexity index is 836. The van der Waals surface area contributed by atoms with Crippen molar-refractivity contribution in [3.63, 3.8) is 0 Å². The summed E-state index contributed by atoms with van der Waals surface area (Å²) in [5.41, 5.74) is 18.6. The number of anilines is 1. The average molecular weight is 373 g/mol. The molecule has 2 heterocycles. The molecular formula is C19H25ClN6. The molecule has 1 aromatic heterocycles. The number of rotatable bonds is 3. The highest BCUT2D eigenvalue weighted by Crippen LogP contribution is 2.35. The highest BCUT2D eigenvalue weighted by atomic mass is 35.5. The molecule has 4 rings (SSSR count). The highest BCUT2D eigenvalue weighted by Gasteiger charge is 2.39. The van der Waals surface area contributed by atoms with Crippen LogP contribution in [0.25, 0.3) is 5.70 Å². The lowest BCUT2D eigenvalue weighted by Crippen LogP contribution is -2.58. The Morgan fingerprint density at radius 3 is 2.81 bits per heavy atom. The van der Waals surface area contributed by atoms with Crippen molar-refractivity contribution in [3.8, 4) is 0 Å². The number of imidazole rings is 1. The monoisotopic (exact) mass is 372 g/mol. The number of aryl methyl sites for hydroxylation is 1. The van der Waals surface area contributed by atoms with Crippen molar-refractivity contribution in [1.82, 2.24) is 9.66 Å². The second-order valence-electron chi connectivity index (χ2n) is 7.42. The maximum Gasteiger partial charge on any atom is 0.174 e. The fraction of sp³-hybridized carbons (Fsp3) is 0.421. The number of fused-ring (bicyclic) bond motifs is 1. The quantitative estimate of drug-likeness (QED) is 0.664. The smallest absolute Gasteiger partial charge is 0.174 e. The molecule has 1 aliphatic heterocycles. The summed E-state index contributed by atoms with van der Waals surface area (Å²) in [6, 6.07) is 6.17. The van der Waals surface area contributed by atoms with Crippen LogP contribution in [0.3, 0.4) is 0 Å². The number of benzene rings is 1. The van der Waals surface area contributed by atoms with Gasteiger partial charge >= 0.3 is 0 Å². The van der Waals surface area contributed by atoms with E-state index in [0.717, 1.165) is 53.5 Å². The predicted molar refractivity (Wildman–Crippen MR) is 106 cm³/mol.